The maximum absolute atomic E-state index is 12.5. The Balaban J connectivity index is 2.77. The standard InChI is InChI=1S/C17H28N6O5/c1-4-9(2)14(17(27)28)23-15(25)10(3)21-16(26)12(22-13(24)6-18)5-11-7-19-8-20-11/h7-10,12,14H,4-6,18H2,1-3H3,(H,19,20)(H,21,26)(H,22,24)(H,23,25)(H,27,28). The fraction of sp³-hybridized carbons (Fsp3) is 0.588. The summed E-state index contributed by atoms with van der Waals surface area (Å²) in [5.41, 5.74) is 5.89. The van der Waals surface area contributed by atoms with Crippen molar-refractivity contribution in [2.45, 2.75) is 51.7 Å². The van der Waals surface area contributed by atoms with E-state index in [1.807, 2.05) is 6.92 Å². The van der Waals surface area contributed by atoms with Crippen molar-refractivity contribution in [2.75, 3.05) is 6.54 Å². The van der Waals surface area contributed by atoms with Crippen molar-refractivity contribution in [3.8, 4) is 0 Å². The number of aromatic nitrogens is 2. The average Bonchev–Trinajstić information content (AvgIpc) is 3.17. The summed E-state index contributed by atoms with van der Waals surface area (Å²) in [4.78, 5) is 54.5. The zero-order valence-electron chi connectivity index (χ0n) is 16.2. The summed E-state index contributed by atoms with van der Waals surface area (Å²) in [7, 11) is 0. The highest BCUT2D eigenvalue weighted by Crippen LogP contribution is 2.08. The van der Waals surface area contributed by atoms with Crippen molar-refractivity contribution in [1.82, 2.24) is 25.9 Å². The molecule has 1 aromatic heterocycles. The van der Waals surface area contributed by atoms with Crippen LogP contribution in [-0.2, 0) is 25.6 Å². The Morgan fingerprint density at radius 2 is 1.86 bits per heavy atom. The summed E-state index contributed by atoms with van der Waals surface area (Å²) >= 11 is 0. The summed E-state index contributed by atoms with van der Waals surface area (Å²) in [5.74, 6) is -3.18. The molecule has 1 rings (SSSR count). The van der Waals surface area contributed by atoms with Gasteiger partial charge in [-0.1, -0.05) is 20.3 Å². The number of carbonyl (C=O) groups excluding carboxylic acids is 3. The molecule has 0 aromatic carbocycles. The molecule has 1 heterocycles. The second-order valence-corrected chi connectivity index (χ2v) is 6.55. The predicted molar refractivity (Wildman–Crippen MR) is 99.9 cm³/mol. The van der Waals surface area contributed by atoms with E-state index in [1.54, 1.807) is 6.92 Å². The number of carboxylic acids is 1. The molecule has 0 bridgehead atoms. The zero-order valence-corrected chi connectivity index (χ0v) is 16.2. The van der Waals surface area contributed by atoms with Crippen LogP contribution in [-0.4, -0.2) is 63.4 Å². The van der Waals surface area contributed by atoms with E-state index in [-0.39, 0.29) is 18.9 Å². The van der Waals surface area contributed by atoms with Crippen molar-refractivity contribution >= 4 is 23.7 Å². The van der Waals surface area contributed by atoms with Crippen LogP contribution in [0.1, 0.15) is 32.9 Å². The van der Waals surface area contributed by atoms with Crippen LogP contribution in [0.5, 0.6) is 0 Å². The summed E-state index contributed by atoms with van der Waals surface area (Å²) < 4.78 is 0. The molecule has 28 heavy (non-hydrogen) atoms. The summed E-state index contributed by atoms with van der Waals surface area (Å²) in [6, 6.07) is -3.04. The van der Waals surface area contributed by atoms with Gasteiger partial charge in [-0.3, -0.25) is 14.4 Å². The number of carboxylic acid groups (broad SMARTS) is 1. The molecule has 7 N–H and O–H groups in total. The van der Waals surface area contributed by atoms with Gasteiger partial charge in [0.1, 0.15) is 18.1 Å². The molecule has 0 aliphatic carbocycles. The number of H-pyrrole nitrogens is 1. The van der Waals surface area contributed by atoms with Gasteiger partial charge < -0.3 is 31.8 Å². The maximum Gasteiger partial charge on any atom is 0.326 e. The fourth-order valence-corrected chi connectivity index (χ4v) is 2.42. The highest BCUT2D eigenvalue weighted by molar-refractivity contribution is 5.93. The highest BCUT2D eigenvalue weighted by atomic mass is 16.4. The number of rotatable bonds is 11. The van der Waals surface area contributed by atoms with E-state index in [4.69, 9.17) is 5.73 Å². The first kappa shape index (κ1) is 23.1. The van der Waals surface area contributed by atoms with Crippen LogP contribution in [0.4, 0.5) is 0 Å². The number of nitrogens with zero attached hydrogens (tertiary/aromatic N) is 1. The Bertz CT molecular complexity index is 678. The van der Waals surface area contributed by atoms with Gasteiger partial charge in [0, 0.05) is 18.3 Å². The van der Waals surface area contributed by atoms with E-state index in [2.05, 4.69) is 25.9 Å². The van der Waals surface area contributed by atoms with Gasteiger partial charge in [-0.05, 0) is 12.8 Å². The first-order chi connectivity index (χ1) is 13.2. The van der Waals surface area contributed by atoms with Crippen LogP contribution < -0.4 is 21.7 Å². The molecular weight excluding hydrogens is 368 g/mol. The Morgan fingerprint density at radius 1 is 1.18 bits per heavy atom. The number of amides is 3. The van der Waals surface area contributed by atoms with Gasteiger partial charge in [-0.15, -0.1) is 0 Å². The maximum atomic E-state index is 12.5. The molecule has 0 saturated heterocycles. The van der Waals surface area contributed by atoms with Gasteiger partial charge >= 0.3 is 5.97 Å². The number of hydrogen-bond acceptors (Lipinski definition) is 6. The smallest absolute Gasteiger partial charge is 0.326 e. The van der Waals surface area contributed by atoms with Crippen LogP contribution >= 0.6 is 0 Å². The third kappa shape index (κ3) is 6.99. The topological polar surface area (TPSA) is 179 Å². The second-order valence-electron chi connectivity index (χ2n) is 6.55. The lowest BCUT2D eigenvalue weighted by molar-refractivity contribution is -0.143. The van der Waals surface area contributed by atoms with Gasteiger partial charge in [-0.25, -0.2) is 9.78 Å². The van der Waals surface area contributed by atoms with Crippen molar-refractivity contribution in [2.24, 2.45) is 11.7 Å². The van der Waals surface area contributed by atoms with E-state index in [9.17, 15) is 24.3 Å². The molecule has 0 aliphatic rings. The molecule has 11 heteroatoms. The van der Waals surface area contributed by atoms with E-state index < -0.39 is 41.8 Å². The van der Waals surface area contributed by atoms with E-state index >= 15 is 0 Å². The Hall–Kier alpha value is -2.95. The quantitative estimate of drug-likeness (QED) is 0.264. The summed E-state index contributed by atoms with van der Waals surface area (Å²) in [6.45, 7) is 4.67. The first-order valence-electron chi connectivity index (χ1n) is 8.99. The number of imidazole rings is 1. The van der Waals surface area contributed by atoms with E-state index in [1.165, 1.54) is 19.4 Å². The predicted octanol–water partition coefficient (Wildman–Crippen LogP) is -1.48. The van der Waals surface area contributed by atoms with Crippen molar-refractivity contribution in [1.29, 1.82) is 0 Å². The molecule has 4 atom stereocenters. The molecule has 0 radical (unpaired) electrons. The number of aromatic amines is 1. The van der Waals surface area contributed by atoms with Crippen molar-refractivity contribution < 1.29 is 24.3 Å². The van der Waals surface area contributed by atoms with Gasteiger partial charge in [-0.2, -0.15) is 0 Å². The van der Waals surface area contributed by atoms with Crippen LogP contribution in [0.25, 0.3) is 0 Å². The van der Waals surface area contributed by atoms with E-state index in [0.717, 1.165) is 0 Å². The molecule has 156 valence electrons. The Kier molecular flexibility index (Phi) is 9.09. The van der Waals surface area contributed by atoms with Crippen LogP contribution in [0, 0.1) is 5.92 Å². The largest absolute Gasteiger partial charge is 0.480 e. The lowest BCUT2D eigenvalue weighted by atomic mass is 9.99. The normalized spacial score (nSPS) is 15.0. The number of hydrogen-bond donors (Lipinski definition) is 6. The molecule has 3 amide bonds. The minimum Gasteiger partial charge on any atom is -0.480 e. The van der Waals surface area contributed by atoms with Gasteiger partial charge in [0.25, 0.3) is 0 Å². The molecule has 11 nitrogen and oxygen atoms in total. The fourth-order valence-electron chi connectivity index (χ4n) is 2.42. The number of carbonyl (C=O) groups is 4. The van der Waals surface area contributed by atoms with Crippen LogP contribution in [0.15, 0.2) is 12.5 Å². The third-order valence-corrected chi connectivity index (χ3v) is 4.34. The monoisotopic (exact) mass is 396 g/mol. The van der Waals surface area contributed by atoms with Gasteiger partial charge in [0.2, 0.25) is 17.7 Å². The first-order valence-corrected chi connectivity index (χ1v) is 8.99. The minimum absolute atomic E-state index is 0.122. The van der Waals surface area contributed by atoms with Gasteiger partial charge in [0.15, 0.2) is 0 Å². The average molecular weight is 396 g/mol. The molecule has 0 aliphatic heterocycles. The zero-order chi connectivity index (χ0) is 21.3. The highest BCUT2D eigenvalue weighted by Gasteiger charge is 2.29. The van der Waals surface area contributed by atoms with Crippen LogP contribution in [0.3, 0.4) is 0 Å². The van der Waals surface area contributed by atoms with Crippen molar-refractivity contribution in [3.63, 3.8) is 0 Å². The summed E-state index contributed by atoms with van der Waals surface area (Å²) in [6.07, 6.45) is 3.63. The molecule has 0 saturated carbocycles. The molecular formula is C17H28N6O5. The Labute approximate surface area is 162 Å². The second kappa shape index (κ2) is 11.0. The SMILES string of the molecule is CCC(C)C(NC(=O)C(C)NC(=O)C(Cc1cnc[nH]1)NC(=O)CN)C(=O)O. The molecule has 4 unspecified atom stereocenters. The van der Waals surface area contributed by atoms with Crippen molar-refractivity contribution in [3.05, 3.63) is 18.2 Å². The number of aliphatic carboxylic acids is 1. The lowest BCUT2D eigenvalue weighted by Crippen LogP contribution is -2.56. The van der Waals surface area contributed by atoms with Crippen LogP contribution in [0.2, 0.25) is 0 Å². The minimum atomic E-state index is -1.14. The van der Waals surface area contributed by atoms with Gasteiger partial charge in [0.05, 0.1) is 12.9 Å². The molecule has 0 spiro atoms. The third-order valence-electron chi connectivity index (χ3n) is 4.34. The number of nitrogens with one attached hydrogen (secondary N) is 4. The molecule has 0 fully saturated rings. The Morgan fingerprint density at radius 3 is 2.36 bits per heavy atom. The van der Waals surface area contributed by atoms with E-state index in [0.29, 0.717) is 12.1 Å². The summed E-state index contributed by atoms with van der Waals surface area (Å²) in [5, 5.41) is 16.7. The number of nitrogens with two attached hydrogens (primary N) is 1. The molecule has 1 aromatic rings. The lowest BCUT2D eigenvalue weighted by Gasteiger charge is -2.24.